The number of amides is 1. The Morgan fingerprint density at radius 2 is 1.81 bits per heavy atom. The van der Waals surface area contributed by atoms with Gasteiger partial charge in [-0.3, -0.25) is 4.79 Å². The molecule has 8 heteroatoms. The summed E-state index contributed by atoms with van der Waals surface area (Å²) in [5.41, 5.74) is 4.92. The first-order valence-electron chi connectivity index (χ1n) is 10.6. The van der Waals surface area contributed by atoms with Crippen LogP contribution in [0.5, 0.6) is 5.75 Å². The molecule has 1 aromatic heterocycles. The predicted molar refractivity (Wildman–Crippen MR) is 131 cm³/mol. The highest BCUT2D eigenvalue weighted by molar-refractivity contribution is 7.99. The Morgan fingerprint density at radius 1 is 1.12 bits per heavy atom. The lowest BCUT2D eigenvalue weighted by atomic mass is 10.1. The van der Waals surface area contributed by atoms with Crippen LogP contribution in [-0.2, 0) is 11.3 Å². The summed E-state index contributed by atoms with van der Waals surface area (Å²) in [6.45, 7) is 12.5. The van der Waals surface area contributed by atoms with Crippen LogP contribution in [0.25, 0.3) is 0 Å². The van der Waals surface area contributed by atoms with Gasteiger partial charge in [-0.15, -0.1) is 10.2 Å². The molecule has 6 nitrogen and oxygen atoms in total. The number of thioether (sulfide) groups is 1. The molecule has 1 unspecified atom stereocenters. The molecule has 0 aliphatic heterocycles. The van der Waals surface area contributed by atoms with Crippen molar-refractivity contribution in [3.63, 3.8) is 0 Å². The second-order valence-corrected chi connectivity index (χ2v) is 9.19. The first kappa shape index (κ1) is 24.1. The molecule has 0 aliphatic carbocycles. The standard InChI is InChI=1S/C24H29ClN4O2S/c1-7-29-23(18(6)31-19-11-16(4)22(25)17(5)12-19)27-28-24(29)32-13-21(30)26-20-10-14(2)8-9-15(20)3/h8-12,18H,7,13H2,1-6H3,(H,26,30). The molecule has 0 saturated heterocycles. The molecule has 1 amide bonds. The molecular formula is C24H29ClN4O2S. The van der Waals surface area contributed by atoms with Crippen LogP contribution < -0.4 is 10.1 Å². The molecule has 170 valence electrons. The van der Waals surface area contributed by atoms with Gasteiger partial charge in [0, 0.05) is 17.3 Å². The predicted octanol–water partition coefficient (Wildman–Crippen LogP) is 6.06. The van der Waals surface area contributed by atoms with Crippen molar-refractivity contribution in [2.45, 2.75) is 59.3 Å². The van der Waals surface area contributed by atoms with Crippen molar-refractivity contribution < 1.29 is 9.53 Å². The van der Waals surface area contributed by atoms with Gasteiger partial charge in [-0.25, -0.2) is 0 Å². The van der Waals surface area contributed by atoms with E-state index in [9.17, 15) is 4.79 Å². The van der Waals surface area contributed by atoms with Crippen LogP contribution in [0.2, 0.25) is 5.02 Å². The summed E-state index contributed by atoms with van der Waals surface area (Å²) in [4.78, 5) is 12.5. The molecule has 1 N–H and O–H groups in total. The molecule has 0 spiro atoms. The number of nitrogens with zero attached hydrogens (tertiary/aromatic N) is 3. The van der Waals surface area contributed by atoms with Crippen molar-refractivity contribution in [3.8, 4) is 5.75 Å². The van der Waals surface area contributed by atoms with E-state index in [0.29, 0.717) is 11.7 Å². The average Bonchev–Trinajstić information content (AvgIpc) is 3.16. The van der Waals surface area contributed by atoms with Crippen molar-refractivity contribution >= 4 is 35.0 Å². The Morgan fingerprint density at radius 3 is 2.47 bits per heavy atom. The zero-order valence-electron chi connectivity index (χ0n) is 19.3. The number of rotatable bonds is 8. The van der Waals surface area contributed by atoms with Crippen LogP contribution in [0.4, 0.5) is 5.69 Å². The van der Waals surface area contributed by atoms with Gasteiger partial charge in [0.1, 0.15) is 5.75 Å². The highest BCUT2D eigenvalue weighted by Crippen LogP contribution is 2.30. The molecule has 1 heterocycles. The smallest absolute Gasteiger partial charge is 0.234 e. The number of carbonyl (C=O) groups is 1. The number of aromatic nitrogens is 3. The minimum Gasteiger partial charge on any atom is -0.483 e. The summed E-state index contributed by atoms with van der Waals surface area (Å²) < 4.78 is 8.11. The quantitative estimate of drug-likeness (QED) is 0.404. The lowest BCUT2D eigenvalue weighted by Gasteiger charge is -2.17. The van der Waals surface area contributed by atoms with Crippen LogP contribution >= 0.6 is 23.4 Å². The molecule has 32 heavy (non-hydrogen) atoms. The first-order valence-corrected chi connectivity index (χ1v) is 11.9. The number of halogens is 1. The Bertz CT molecular complexity index is 1110. The zero-order chi connectivity index (χ0) is 23.4. The summed E-state index contributed by atoms with van der Waals surface area (Å²) in [5, 5.41) is 13.1. The number of anilines is 1. The van der Waals surface area contributed by atoms with Crippen LogP contribution in [0.1, 0.15) is 48.0 Å². The minimum absolute atomic E-state index is 0.0766. The highest BCUT2D eigenvalue weighted by atomic mass is 35.5. The highest BCUT2D eigenvalue weighted by Gasteiger charge is 2.20. The molecule has 3 rings (SSSR count). The number of ether oxygens (including phenoxy) is 1. The molecule has 1 atom stereocenters. The molecule has 0 fully saturated rings. The van der Waals surface area contributed by atoms with E-state index in [0.717, 1.165) is 44.5 Å². The van der Waals surface area contributed by atoms with Crippen molar-refractivity contribution in [2.24, 2.45) is 0 Å². The van der Waals surface area contributed by atoms with Crippen molar-refractivity contribution in [1.82, 2.24) is 14.8 Å². The first-order chi connectivity index (χ1) is 15.2. The molecule has 0 saturated carbocycles. The maximum absolute atomic E-state index is 12.5. The molecule has 2 aromatic carbocycles. The zero-order valence-corrected chi connectivity index (χ0v) is 20.9. The van der Waals surface area contributed by atoms with Gasteiger partial charge in [0.05, 0.1) is 5.75 Å². The van der Waals surface area contributed by atoms with E-state index in [2.05, 4.69) is 15.5 Å². The number of hydrogen-bond donors (Lipinski definition) is 1. The average molecular weight is 473 g/mol. The third kappa shape index (κ3) is 5.64. The number of aryl methyl sites for hydroxylation is 4. The second-order valence-electron chi connectivity index (χ2n) is 7.87. The summed E-state index contributed by atoms with van der Waals surface area (Å²) >= 11 is 7.63. The summed E-state index contributed by atoms with van der Waals surface area (Å²) in [6.07, 6.45) is -0.305. The maximum atomic E-state index is 12.5. The lowest BCUT2D eigenvalue weighted by molar-refractivity contribution is -0.113. The van der Waals surface area contributed by atoms with Gasteiger partial charge in [0.2, 0.25) is 5.91 Å². The van der Waals surface area contributed by atoms with Crippen molar-refractivity contribution in [1.29, 1.82) is 0 Å². The monoisotopic (exact) mass is 472 g/mol. The third-order valence-electron chi connectivity index (χ3n) is 5.15. The fraction of sp³-hybridized carbons (Fsp3) is 0.375. The number of nitrogens with one attached hydrogen (secondary N) is 1. The van der Waals surface area contributed by atoms with Gasteiger partial charge in [-0.1, -0.05) is 35.5 Å². The summed E-state index contributed by atoms with van der Waals surface area (Å²) in [6, 6.07) is 9.85. The Kier molecular flexibility index (Phi) is 7.85. The van der Waals surface area contributed by atoms with Crippen molar-refractivity contribution in [3.05, 3.63) is 63.4 Å². The number of benzene rings is 2. The van der Waals surface area contributed by atoms with Crippen LogP contribution in [0.15, 0.2) is 35.5 Å². The van der Waals surface area contributed by atoms with E-state index in [1.54, 1.807) is 0 Å². The molecule has 3 aromatic rings. The Balaban J connectivity index is 1.67. The van der Waals surface area contributed by atoms with Crippen LogP contribution in [-0.4, -0.2) is 26.4 Å². The number of carbonyl (C=O) groups excluding carboxylic acids is 1. The van der Waals surface area contributed by atoms with E-state index in [-0.39, 0.29) is 17.8 Å². The van der Waals surface area contributed by atoms with E-state index >= 15 is 0 Å². The Hall–Kier alpha value is -2.51. The van der Waals surface area contributed by atoms with Gasteiger partial charge < -0.3 is 14.6 Å². The Labute approximate surface area is 198 Å². The minimum atomic E-state index is -0.305. The van der Waals surface area contributed by atoms with E-state index in [4.69, 9.17) is 16.3 Å². The van der Waals surface area contributed by atoms with Gasteiger partial charge in [0.15, 0.2) is 17.1 Å². The number of hydrogen-bond acceptors (Lipinski definition) is 5. The SMILES string of the molecule is CCn1c(SCC(=O)Nc2cc(C)ccc2C)nnc1C(C)Oc1cc(C)c(Cl)c(C)c1. The fourth-order valence-electron chi connectivity index (χ4n) is 3.42. The molecule has 0 bridgehead atoms. The molecular weight excluding hydrogens is 444 g/mol. The topological polar surface area (TPSA) is 69.0 Å². The van der Waals surface area contributed by atoms with E-state index in [1.165, 1.54) is 11.8 Å². The normalized spacial score (nSPS) is 12.0. The molecule has 0 aliphatic rings. The van der Waals surface area contributed by atoms with Crippen LogP contribution in [0.3, 0.4) is 0 Å². The van der Waals surface area contributed by atoms with Crippen molar-refractivity contribution in [2.75, 3.05) is 11.1 Å². The summed E-state index contributed by atoms with van der Waals surface area (Å²) in [5.74, 6) is 1.63. The largest absolute Gasteiger partial charge is 0.483 e. The van der Waals surface area contributed by atoms with Gasteiger partial charge in [-0.2, -0.15) is 0 Å². The third-order valence-corrected chi connectivity index (χ3v) is 6.71. The van der Waals surface area contributed by atoms with Gasteiger partial charge in [-0.05, 0) is 82.0 Å². The van der Waals surface area contributed by atoms with Gasteiger partial charge in [0.25, 0.3) is 0 Å². The van der Waals surface area contributed by atoms with Gasteiger partial charge >= 0.3 is 0 Å². The van der Waals surface area contributed by atoms with E-state index in [1.807, 2.05) is 76.4 Å². The molecule has 0 radical (unpaired) electrons. The van der Waals surface area contributed by atoms with Crippen LogP contribution in [0, 0.1) is 27.7 Å². The second kappa shape index (κ2) is 10.4. The summed E-state index contributed by atoms with van der Waals surface area (Å²) in [7, 11) is 0. The van der Waals surface area contributed by atoms with E-state index < -0.39 is 0 Å². The fourth-order valence-corrected chi connectivity index (χ4v) is 4.34. The maximum Gasteiger partial charge on any atom is 0.234 e. The lowest BCUT2D eigenvalue weighted by Crippen LogP contribution is -2.16.